The normalized spacial score (nSPS) is 10.8. The van der Waals surface area contributed by atoms with Crippen molar-refractivity contribution in [3.05, 3.63) is 34.9 Å². The van der Waals surface area contributed by atoms with Crippen LogP contribution >= 0.6 is 11.6 Å². The van der Waals surface area contributed by atoms with Crippen molar-refractivity contribution >= 4 is 17.4 Å². The van der Waals surface area contributed by atoms with Gasteiger partial charge in [0.25, 0.3) is 0 Å². The van der Waals surface area contributed by atoms with Crippen LogP contribution in [0.15, 0.2) is 24.3 Å². The summed E-state index contributed by atoms with van der Waals surface area (Å²) in [5.74, 6) is 0.0623. The van der Waals surface area contributed by atoms with Crippen molar-refractivity contribution in [1.29, 1.82) is 0 Å². The van der Waals surface area contributed by atoms with Gasteiger partial charge in [-0.2, -0.15) is 0 Å². The van der Waals surface area contributed by atoms with E-state index in [0.29, 0.717) is 23.6 Å². The molecule has 0 aliphatic carbocycles. The molecule has 0 saturated carbocycles. The highest BCUT2D eigenvalue weighted by molar-refractivity contribution is 6.31. The Morgan fingerprint density at radius 2 is 2.24 bits per heavy atom. The van der Waals surface area contributed by atoms with Gasteiger partial charge in [-0.3, -0.25) is 9.69 Å². The second-order valence-electron chi connectivity index (χ2n) is 3.88. The molecule has 0 saturated heterocycles. The Hall–Kier alpha value is -0.900. The lowest BCUT2D eigenvalue weighted by Crippen LogP contribution is -2.31. The zero-order chi connectivity index (χ0) is 12.7. The van der Waals surface area contributed by atoms with E-state index in [0.717, 1.165) is 13.1 Å². The SMILES string of the molecule is CCN(CCCO)CC(=O)c1cccc(Cl)c1. The number of aliphatic hydroxyl groups is 1. The quantitative estimate of drug-likeness (QED) is 0.760. The lowest BCUT2D eigenvalue weighted by Gasteiger charge is -2.18. The predicted molar refractivity (Wildman–Crippen MR) is 69.6 cm³/mol. The minimum atomic E-state index is 0.0623. The summed E-state index contributed by atoms with van der Waals surface area (Å²) in [6.45, 7) is 4.06. The third-order valence-corrected chi connectivity index (χ3v) is 2.83. The molecule has 4 heteroatoms. The summed E-state index contributed by atoms with van der Waals surface area (Å²) in [6.07, 6.45) is 0.691. The van der Waals surface area contributed by atoms with Crippen molar-refractivity contribution in [2.75, 3.05) is 26.2 Å². The predicted octanol–water partition coefficient (Wildman–Crippen LogP) is 2.23. The number of benzene rings is 1. The average Bonchev–Trinajstić information content (AvgIpc) is 2.34. The molecule has 1 aromatic carbocycles. The van der Waals surface area contributed by atoms with Gasteiger partial charge in [-0.25, -0.2) is 0 Å². The molecule has 0 radical (unpaired) electrons. The molecule has 17 heavy (non-hydrogen) atoms. The number of hydrogen-bond acceptors (Lipinski definition) is 3. The fourth-order valence-electron chi connectivity index (χ4n) is 1.60. The van der Waals surface area contributed by atoms with Crippen LogP contribution in [0, 0.1) is 0 Å². The second kappa shape index (κ2) is 7.43. The number of halogens is 1. The van der Waals surface area contributed by atoms with Gasteiger partial charge in [0.15, 0.2) is 5.78 Å². The Bertz CT molecular complexity index is 368. The molecule has 0 aromatic heterocycles. The fourth-order valence-corrected chi connectivity index (χ4v) is 1.79. The number of aliphatic hydroxyl groups excluding tert-OH is 1. The maximum absolute atomic E-state index is 12.0. The summed E-state index contributed by atoms with van der Waals surface area (Å²) in [6, 6.07) is 6.99. The molecule has 0 fully saturated rings. The Labute approximate surface area is 107 Å². The van der Waals surface area contributed by atoms with E-state index in [1.165, 1.54) is 0 Å². The average molecular weight is 256 g/mol. The first-order valence-electron chi connectivity index (χ1n) is 5.79. The summed E-state index contributed by atoms with van der Waals surface area (Å²) < 4.78 is 0. The van der Waals surface area contributed by atoms with Crippen LogP contribution in [0.25, 0.3) is 0 Å². The van der Waals surface area contributed by atoms with Gasteiger partial charge in [-0.15, -0.1) is 0 Å². The number of hydrogen-bond donors (Lipinski definition) is 1. The van der Waals surface area contributed by atoms with Crippen LogP contribution in [0.1, 0.15) is 23.7 Å². The number of rotatable bonds is 7. The summed E-state index contributed by atoms with van der Waals surface area (Å²) >= 11 is 5.84. The minimum absolute atomic E-state index is 0.0623. The number of carbonyl (C=O) groups excluding carboxylic acids is 1. The molecule has 0 aliphatic heterocycles. The molecule has 3 nitrogen and oxygen atoms in total. The smallest absolute Gasteiger partial charge is 0.176 e. The molecule has 1 rings (SSSR count). The number of nitrogens with zero attached hydrogens (tertiary/aromatic N) is 1. The van der Waals surface area contributed by atoms with E-state index in [1.54, 1.807) is 24.3 Å². The third-order valence-electron chi connectivity index (χ3n) is 2.59. The van der Waals surface area contributed by atoms with Crippen molar-refractivity contribution in [3.63, 3.8) is 0 Å². The highest BCUT2D eigenvalue weighted by Gasteiger charge is 2.11. The van der Waals surface area contributed by atoms with Crippen molar-refractivity contribution < 1.29 is 9.90 Å². The largest absolute Gasteiger partial charge is 0.396 e. The van der Waals surface area contributed by atoms with Gasteiger partial charge < -0.3 is 5.11 Å². The summed E-state index contributed by atoms with van der Waals surface area (Å²) in [4.78, 5) is 14.0. The number of likely N-dealkylation sites (N-methyl/N-ethyl adjacent to an activating group) is 1. The van der Waals surface area contributed by atoms with Gasteiger partial charge >= 0.3 is 0 Å². The second-order valence-corrected chi connectivity index (χ2v) is 4.32. The van der Waals surface area contributed by atoms with Crippen LogP contribution in [-0.2, 0) is 0 Å². The fraction of sp³-hybridized carbons (Fsp3) is 0.462. The molecule has 0 bridgehead atoms. The summed E-state index contributed by atoms with van der Waals surface area (Å²) in [5, 5.41) is 9.35. The van der Waals surface area contributed by atoms with Gasteiger partial charge in [-0.05, 0) is 25.1 Å². The Kier molecular flexibility index (Phi) is 6.19. The molecule has 1 N–H and O–H groups in total. The Balaban J connectivity index is 2.58. The van der Waals surface area contributed by atoms with Crippen LogP contribution < -0.4 is 0 Å². The van der Waals surface area contributed by atoms with Gasteiger partial charge in [0, 0.05) is 23.7 Å². The standard InChI is InChI=1S/C13H18ClNO2/c1-2-15(7-4-8-16)10-13(17)11-5-3-6-12(14)9-11/h3,5-6,9,16H,2,4,7-8,10H2,1H3. The monoisotopic (exact) mass is 255 g/mol. The van der Waals surface area contributed by atoms with Crippen LogP contribution in [0.5, 0.6) is 0 Å². The number of ketones is 1. The first kappa shape index (κ1) is 14.2. The van der Waals surface area contributed by atoms with E-state index >= 15 is 0 Å². The Morgan fingerprint density at radius 3 is 2.82 bits per heavy atom. The van der Waals surface area contributed by atoms with Crippen molar-refractivity contribution in [2.24, 2.45) is 0 Å². The minimum Gasteiger partial charge on any atom is -0.396 e. The molecule has 0 heterocycles. The van der Waals surface area contributed by atoms with Crippen LogP contribution in [-0.4, -0.2) is 42.0 Å². The molecule has 0 amide bonds. The maximum atomic E-state index is 12.0. The first-order chi connectivity index (χ1) is 8.17. The van der Waals surface area contributed by atoms with E-state index in [-0.39, 0.29) is 12.4 Å². The van der Waals surface area contributed by atoms with E-state index in [9.17, 15) is 4.79 Å². The summed E-state index contributed by atoms with van der Waals surface area (Å²) in [5.41, 5.74) is 0.639. The van der Waals surface area contributed by atoms with Gasteiger partial charge in [0.05, 0.1) is 6.54 Å². The van der Waals surface area contributed by atoms with E-state index < -0.39 is 0 Å². The van der Waals surface area contributed by atoms with Crippen molar-refractivity contribution in [1.82, 2.24) is 4.90 Å². The van der Waals surface area contributed by atoms with Crippen LogP contribution in [0.3, 0.4) is 0 Å². The zero-order valence-corrected chi connectivity index (χ0v) is 10.8. The molecule has 1 aromatic rings. The molecule has 94 valence electrons. The maximum Gasteiger partial charge on any atom is 0.176 e. The topological polar surface area (TPSA) is 40.5 Å². The number of carbonyl (C=O) groups is 1. The zero-order valence-electron chi connectivity index (χ0n) is 10.0. The van der Waals surface area contributed by atoms with Gasteiger partial charge in [-0.1, -0.05) is 30.7 Å². The van der Waals surface area contributed by atoms with Gasteiger partial charge in [0.2, 0.25) is 0 Å². The Morgan fingerprint density at radius 1 is 1.47 bits per heavy atom. The van der Waals surface area contributed by atoms with E-state index in [1.807, 2.05) is 11.8 Å². The van der Waals surface area contributed by atoms with Crippen LogP contribution in [0.4, 0.5) is 0 Å². The third kappa shape index (κ3) is 4.86. The molecular weight excluding hydrogens is 238 g/mol. The lowest BCUT2D eigenvalue weighted by molar-refractivity contribution is 0.0928. The van der Waals surface area contributed by atoms with E-state index in [4.69, 9.17) is 16.7 Å². The molecule has 0 aliphatic rings. The van der Waals surface area contributed by atoms with Crippen LogP contribution in [0.2, 0.25) is 5.02 Å². The summed E-state index contributed by atoms with van der Waals surface area (Å²) in [7, 11) is 0. The lowest BCUT2D eigenvalue weighted by atomic mass is 10.1. The first-order valence-corrected chi connectivity index (χ1v) is 6.17. The molecule has 0 atom stereocenters. The molecular formula is C13H18ClNO2. The highest BCUT2D eigenvalue weighted by atomic mass is 35.5. The van der Waals surface area contributed by atoms with E-state index in [2.05, 4.69) is 0 Å². The van der Waals surface area contributed by atoms with Gasteiger partial charge in [0.1, 0.15) is 0 Å². The molecule has 0 unspecified atom stereocenters. The van der Waals surface area contributed by atoms with Crippen molar-refractivity contribution in [3.8, 4) is 0 Å². The highest BCUT2D eigenvalue weighted by Crippen LogP contribution is 2.11. The van der Waals surface area contributed by atoms with Crippen molar-refractivity contribution in [2.45, 2.75) is 13.3 Å². The molecule has 0 spiro atoms. The number of Topliss-reactive ketones (excluding diaryl/α,β-unsaturated/α-hetero) is 1.